The summed E-state index contributed by atoms with van der Waals surface area (Å²) in [5.74, 6) is 1.10. The predicted octanol–water partition coefficient (Wildman–Crippen LogP) is 2.24. The first kappa shape index (κ1) is 13.0. The summed E-state index contributed by atoms with van der Waals surface area (Å²) in [6, 6.07) is 5.08. The fraction of sp³-hybridized carbons (Fsp3) is 0.417. The monoisotopic (exact) mass is 262 g/mol. The summed E-state index contributed by atoms with van der Waals surface area (Å²) in [6.45, 7) is 1.20. The number of amides is 1. The fourth-order valence-corrected chi connectivity index (χ4v) is 1.69. The van der Waals surface area contributed by atoms with Crippen LogP contribution in [0.25, 0.3) is 10.4 Å². The molecular formula is C12H14N4O3. The zero-order valence-corrected chi connectivity index (χ0v) is 10.3. The number of carbonyl (C=O) groups excluding carboxylic acids is 1. The van der Waals surface area contributed by atoms with Crippen LogP contribution in [0.15, 0.2) is 23.3 Å². The minimum atomic E-state index is -0.151. The van der Waals surface area contributed by atoms with E-state index in [2.05, 4.69) is 15.3 Å². The highest BCUT2D eigenvalue weighted by molar-refractivity contribution is 5.94. The average Bonchev–Trinajstić information content (AvgIpc) is 2.89. The van der Waals surface area contributed by atoms with E-state index in [0.29, 0.717) is 30.2 Å². The second-order valence-corrected chi connectivity index (χ2v) is 3.99. The van der Waals surface area contributed by atoms with E-state index in [1.165, 1.54) is 0 Å². The number of carbonyl (C=O) groups is 1. The number of hydrogen-bond donors (Lipinski definition) is 1. The van der Waals surface area contributed by atoms with Crippen molar-refractivity contribution < 1.29 is 14.3 Å². The molecule has 0 saturated heterocycles. The van der Waals surface area contributed by atoms with Gasteiger partial charge in [-0.25, -0.2) is 0 Å². The largest absolute Gasteiger partial charge is 0.454 e. The summed E-state index contributed by atoms with van der Waals surface area (Å²) in [5.41, 5.74) is 8.64. The van der Waals surface area contributed by atoms with Crippen LogP contribution in [0, 0.1) is 0 Å². The molecule has 0 aliphatic carbocycles. The summed E-state index contributed by atoms with van der Waals surface area (Å²) in [7, 11) is 0. The maximum absolute atomic E-state index is 11.8. The van der Waals surface area contributed by atoms with Crippen LogP contribution in [-0.2, 0) is 0 Å². The van der Waals surface area contributed by atoms with E-state index in [1.54, 1.807) is 18.2 Å². The first-order chi connectivity index (χ1) is 9.31. The minimum absolute atomic E-state index is 0.151. The van der Waals surface area contributed by atoms with E-state index >= 15 is 0 Å². The molecule has 19 heavy (non-hydrogen) atoms. The predicted molar refractivity (Wildman–Crippen MR) is 68.1 cm³/mol. The molecule has 1 aromatic rings. The first-order valence-corrected chi connectivity index (χ1v) is 6.00. The van der Waals surface area contributed by atoms with Gasteiger partial charge < -0.3 is 14.8 Å². The third kappa shape index (κ3) is 3.53. The molecule has 0 aromatic heterocycles. The van der Waals surface area contributed by atoms with Gasteiger partial charge in [-0.1, -0.05) is 5.11 Å². The number of azide groups is 1. The van der Waals surface area contributed by atoms with Crippen molar-refractivity contribution in [1.82, 2.24) is 5.32 Å². The molecular weight excluding hydrogens is 248 g/mol. The highest BCUT2D eigenvalue weighted by Gasteiger charge is 2.15. The van der Waals surface area contributed by atoms with Gasteiger partial charge in [0.25, 0.3) is 5.91 Å². The molecule has 1 heterocycles. The Morgan fingerprint density at radius 3 is 3.05 bits per heavy atom. The Labute approximate surface area is 110 Å². The number of benzene rings is 1. The summed E-state index contributed by atoms with van der Waals surface area (Å²) in [4.78, 5) is 14.5. The molecule has 100 valence electrons. The van der Waals surface area contributed by atoms with E-state index in [4.69, 9.17) is 15.0 Å². The summed E-state index contributed by atoms with van der Waals surface area (Å²) < 4.78 is 10.4. The lowest BCUT2D eigenvalue weighted by Crippen LogP contribution is -2.24. The Morgan fingerprint density at radius 2 is 2.21 bits per heavy atom. The molecule has 1 N–H and O–H groups in total. The molecule has 2 rings (SSSR count). The van der Waals surface area contributed by atoms with Crippen molar-refractivity contribution in [1.29, 1.82) is 0 Å². The second-order valence-electron chi connectivity index (χ2n) is 3.99. The van der Waals surface area contributed by atoms with Crippen molar-refractivity contribution in [2.45, 2.75) is 12.8 Å². The number of fused-ring (bicyclic) bond motifs is 1. The van der Waals surface area contributed by atoms with Crippen LogP contribution >= 0.6 is 0 Å². The molecule has 7 nitrogen and oxygen atoms in total. The van der Waals surface area contributed by atoms with E-state index in [-0.39, 0.29) is 12.7 Å². The van der Waals surface area contributed by atoms with Crippen molar-refractivity contribution in [3.63, 3.8) is 0 Å². The molecule has 0 saturated carbocycles. The van der Waals surface area contributed by atoms with Crippen LogP contribution in [0.4, 0.5) is 0 Å². The lowest BCUT2D eigenvalue weighted by Gasteiger charge is -2.05. The Morgan fingerprint density at radius 1 is 1.37 bits per heavy atom. The third-order valence-electron chi connectivity index (χ3n) is 2.67. The van der Waals surface area contributed by atoms with Crippen LogP contribution in [0.3, 0.4) is 0 Å². The SMILES string of the molecule is [N-]=[N+]=NCCCCNC(=O)c1ccc2c(c1)OCO2. The van der Waals surface area contributed by atoms with E-state index in [1.807, 2.05) is 0 Å². The standard InChI is InChI=1S/C12H14N4O3/c13-16-15-6-2-1-5-14-12(17)9-3-4-10-11(7-9)19-8-18-10/h3-4,7H,1-2,5-6,8H2,(H,14,17). The normalized spacial score (nSPS) is 11.8. The average molecular weight is 262 g/mol. The maximum atomic E-state index is 11.8. The molecule has 1 aliphatic rings. The number of unbranched alkanes of at least 4 members (excludes halogenated alkanes) is 1. The molecule has 0 bridgehead atoms. The summed E-state index contributed by atoms with van der Waals surface area (Å²) in [6.07, 6.45) is 1.53. The number of rotatable bonds is 6. The molecule has 7 heteroatoms. The number of nitrogens with zero attached hydrogens (tertiary/aromatic N) is 3. The minimum Gasteiger partial charge on any atom is -0.454 e. The van der Waals surface area contributed by atoms with Gasteiger partial charge in [-0.2, -0.15) is 0 Å². The van der Waals surface area contributed by atoms with Gasteiger partial charge in [0.2, 0.25) is 6.79 Å². The molecule has 0 spiro atoms. The summed E-state index contributed by atoms with van der Waals surface area (Å²) in [5, 5.41) is 6.22. The van der Waals surface area contributed by atoms with Crippen molar-refractivity contribution in [3.8, 4) is 11.5 Å². The van der Waals surface area contributed by atoms with Crippen molar-refractivity contribution >= 4 is 5.91 Å². The van der Waals surface area contributed by atoms with E-state index in [9.17, 15) is 4.79 Å². The quantitative estimate of drug-likeness (QED) is 0.368. The molecule has 1 aromatic carbocycles. The van der Waals surface area contributed by atoms with Crippen molar-refractivity contribution in [3.05, 3.63) is 34.2 Å². The van der Waals surface area contributed by atoms with Gasteiger partial charge >= 0.3 is 0 Å². The van der Waals surface area contributed by atoms with Gasteiger partial charge in [0.15, 0.2) is 11.5 Å². The second kappa shape index (κ2) is 6.51. The van der Waals surface area contributed by atoms with Gasteiger partial charge in [0, 0.05) is 23.6 Å². The van der Waals surface area contributed by atoms with Crippen molar-refractivity contribution in [2.75, 3.05) is 19.9 Å². The zero-order valence-electron chi connectivity index (χ0n) is 10.3. The Bertz CT molecular complexity index is 512. The summed E-state index contributed by atoms with van der Waals surface area (Å²) >= 11 is 0. The van der Waals surface area contributed by atoms with Crippen LogP contribution in [0.5, 0.6) is 11.5 Å². The number of ether oxygens (including phenoxy) is 2. The van der Waals surface area contributed by atoms with Gasteiger partial charge in [0.1, 0.15) is 0 Å². The first-order valence-electron chi connectivity index (χ1n) is 6.00. The molecule has 1 amide bonds. The van der Waals surface area contributed by atoms with E-state index in [0.717, 1.165) is 12.8 Å². The lowest BCUT2D eigenvalue weighted by molar-refractivity contribution is 0.0952. The number of nitrogens with one attached hydrogen (secondary N) is 1. The van der Waals surface area contributed by atoms with Crippen molar-refractivity contribution in [2.24, 2.45) is 5.11 Å². The van der Waals surface area contributed by atoms with Gasteiger partial charge in [-0.15, -0.1) is 0 Å². The van der Waals surface area contributed by atoms with Crippen LogP contribution in [0.1, 0.15) is 23.2 Å². The maximum Gasteiger partial charge on any atom is 0.251 e. The van der Waals surface area contributed by atoms with E-state index < -0.39 is 0 Å². The molecule has 0 unspecified atom stereocenters. The third-order valence-corrected chi connectivity index (χ3v) is 2.67. The smallest absolute Gasteiger partial charge is 0.251 e. The fourth-order valence-electron chi connectivity index (χ4n) is 1.69. The zero-order chi connectivity index (χ0) is 13.5. The Hall–Kier alpha value is -2.40. The topological polar surface area (TPSA) is 96.3 Å². The number of hydrogen-bond acceptors (Lipinski definition) is 4. The molecule has 0 radical (unpaired) electrons. The lowest BCUT2D eigenvalue weighted by atomic mass is 10.2. The van der Waals surface area contributed by atoms with Crippen LogP contribution < -0.4 is 14.8 Å². The molecule has 0 fully saturated rings. The van der Waals surface area contributed by atoms with Gasteiger partial charge in [-0.05, 0) is 36.6 Å². The van der Waals surface area contributed by atoms with Gasteiger partial charge in [0.05, 0.1) is 0 Å². The van der Waals surface area contributed by atoms with Gasteiger partial charge in [-0.3, -0.25) is 4.79 Å². The van der Waals surface area contributed by atoms with Crippen LogP contribution in [-0.4, -0.2) is 25.8 Å². The highest BCUT2D eigenvalue weighted by Crippen LogP contribution is 2.32. The molecule has 1 aliphatic heterocycles. The highest BCUT2D eigenvalue weighted by atomic mass is 16.7. The molecule has 0 atom stereocenters. The Balaban J connectivity index is 1.78. The Kier molecular flexibility index (Phi) is 4.47. The van der Waals surface area contributed by atoms with Crippen LogP contribution in [0.2, 0.25) is 0 Å².